The fourth-order valence-electron chi connectivity index (χ4n) is 2.16. The van der Waals surface area contributed by atoms with E-state index in [2.05, 4.69) is 10.1 Å². The molecule has 0 N–H and O–H groups in total. The molecule has 0 bridgehead atoms. The normalized spacial score (nSPS) is 10.9. The van der Waals surface area contributed by atoms with Gasteiger partial charge in [-0.2, -0.15) is 0 Å². The monoisotopic (exact) mass is 316 g/mol. The molecule has 0 aliphatic carbocycles. The van der Waals surface area contributed by atoms with Crippen molar-refractivity contribution in [3.05, 3.63) is 58.1 Å². The van der Waals surface area contributed by atoms with Gasteiger partial charge in [0.1, 0.15) is 17.5 Å². The van der Waals surface area contributed by atoms with Gasteiger partial charge in [0.25, 0.3) is 0 Å². The van der Waals surface area contributed by atoms with Crippen LogP contribution in [-0.4, -0.2) is 16.1 Å². The molecule has 3 rings (SSSR count). The highest BCUT2D eigenvalue weighted by Gasteiger charge is 2.13. The summed E-state index contributed by atoms with van der Waals surface area (Å²) in [6.45, 7) is 3.73. The molecular weight excluding hydrogens is 304 g/mol. The zero-order valence-electron chi connectivity index (χ0n) is 12.1. The lowest BCUT2D eigenvalue weighted by Gasteiger charge is -2.05. The van der Waals surface area contributed by atoms with Crippen molar-refractivity contribution in [2.75, 3.05) is 0 Å². The summed E-state index contributed by atoms with van der Waals surface area (Å²) in [4.78, 5) is 16.3. The summed E-state index contributed by atoms with van der Waals surface area (Å²) in [6.07, 6.45) is 0. The van der Waals surface area contributed by atoms with Crippen LogP contribution in [0.3, 0.4) is 0 Å². The van der Waals surface area contributed by atoms with Gasteiger partial charge in [0.2, 0.25) is 0 Å². The summed E-state index contributed by atoms with van der Waals surface area (Å²) in [7, 11) is 0. The molecule has 0 amide bonds. The highest BCUT2D eigenvalue weighted by Crippen LogP contribution is 2.19. The van der Waals surface area contributed by atoms with E-state index >= 15 is 0 Å². The standard InChI is InChI=1S/C16H13ClN2O3/c1-9-13(10(2)22-19-9)8-21-16(20)12-3-5-14-11(7-12)4-6-15(17)18-14/h3-7H,8H2,1-2H3. The number of nitrogens with zero attached hydrogens (tertiary/aromatic N) is 2. The van der Waals surface area contributed by atoms with Gasteiger partial charge in [-0.1, -0.05) is 16.8 Å². The number of hydrogen-bond donors (Lipinski definition) is 0. The molecule has 3 aromatic rings. The summed E-state index contributed by atoms with van der Waals surface area (Å²) in [5.74, 6) is 0.250. The number of aryl methyl sites for hydroxylation is 2. The van der Waals surface area contributed by atoms with E-state index in [0.717, 1.165) is 22.2 Å². The Morgan fingerprint density at radius 3 is 2.82 bits per heavy atom. The van der Waals surface area contributed by atoms with Crippen LogP contribution in [0.15, 0.2) is 34.9 Å². The predicted molar refractivity (Wildman–Crippen MR) is 81.8 cm³/mol. The highest BCUT2D eigenvalue weighted by atomic mass is 35.5. The number of carbonyl (C=O) groups is 1. The summed E-state index contributed by atoms with van der Waals surface area (Å²) in [6, 6.07) is 8.64. The Labute approximate surface area is 131 Å². The summed E-state index contributed by atoms with van der Waals surface area (Å²) < 4.78 is 10.4. The zero-order chi connectivity index (χ0) is 15.7. The number of pyridine rings is 1. The Hall–Kier alpha value is -2.40. The van der Waals surface area contributed by atoms with E-state index in [-0.39, 0.29) is 6.61 Å². The third-order valence-corrected chi connectivity index (χ3v) is 3.63. The van der Waals surface area contributed by atoms with Crippen molar-refractivity contribution in [2.45, 2.75) is 20.5 Å². The number of benzene rings is 1. The fraction of sp³-hybridized carbons (Fsp3) is 0.188. The van der Waals surface area contributed by atoms with Gasteiger partial charge in [-0.3, -0.25) is 0 Å². The number of esters is 1. The summed E-state index contributed by atoms with van der Waals surface area (Å²) >= 11 is 5.84. The molecule has 0 radical (unpaired) electrons. The average Bonchev–Trinajstić information content (AvgIpc) is 2.83. The Morgan fingerprint density at radius 1 is 1.27 bits per heavy atom. The van der Waals surface area contributed by atoms with Gasteiger partial charge in [-0.25, -0.2) is 9.78 Å². The number of halogens is 1. The molecule has 0 saturated heterocycles. The second-order valence-electron chi connectivity index (χ2n) is 4.92. The molecule has 5 nitrogen and oxygen atoms in total. The van der Waals surface area contributed by atoms with Crippen molar-refractivity contribution in [3.63, 3.8) is 0 Å². The van der Waals surface area contributed by atoms with Crippen LogP contribution in [0.4, 0.5) is 0 Å². The number of fused-ring (bicyclic) bond motifs is 1. The van der Waals surface area contributed by atoms with E-state index in [4.69, 9.17) is 20.9 Å². The van der Waals surface area contributed by atoms with E-state index in [1.165, 1.54) is 0 Å². The lowest BCUT2D eigenvalue weighted by molar-refractivity contribution is 0.0471. The average molecular weight is 317 g/mol. The molecule has 22 heavy (non-hydrogen) atoms. The Balaban J connectivity index is 1.79. The zero-order valence-corrected chi connectivity index (χ0v) is 12.8. The number of ether oxygens (including phenoxy) is 1. The van der Waals surface area contributed by atoms with Crippen LogP contribution in [0.5, 0.6) is 0 Å². The molecule has 0 aliphatic heterocycles. The molecule has 0 fully saturated rings. The first-order chi connectivity index (χ1) is 10.5. The lowest BCUT2D eigenvalue weighted by Crippen LogP contribution is -2.06. The quantitative estimate of drug-likeness (QED) is 0.542. The largest absolute Gasteiger partial charge is 0.457 e. The lowest BCUT2D eigenvalue weighted by atomic mass is 10.1. The molecule has 6 heteroatoms. The van der Waals surface area contributed by atoms with E-state index < -0.39 is 5.97 Å². The van der Waals surface area contributed by atoms with Crippen molar-refractivity contribution >= 4 is 28.5 Å². The Bertz CT molecular complexity index is 838. The second kappa shape index (κ2) is 5.77. The van der Waals surface area contributed by atoms with Crippen LogP contribution < -0.4 is 0 Å². The van der Waals surface area contributed by atoms with E-state index in [1.807, 2.05) is 13.0 Å². The molecule has 2 heterocycles. The fourth-order valence-corrected chi connectivity index (χ4v) is 2.31. The summed E-state index contributed by atoms with van der Waals surface area (Å²) in [5.41, 5.74) is 2.71. The van der Waals surface area contributed by atoms with Gasteiger partial charge in [0.05, 0.1) is 22.3 Å². The van der Waals surface area contributed by atoms with Gasteiger partial charge in [0.15, 0.2) is 0 Å². The molecule has 0 atom stereocenters. The first kappa shape index (κ1) is 14.5. The van der Waals surface area contributed by atoms with Gasteiger partial charge < -0.3 is 9.26 Å². The first-order valence-corrected chi connectivity index (χ1v) is 7.07. The third-order valence-electron chi connectivity index (χ3n) is 3.42. The van der Waals surface area contributed by atoms with Gasteiger partial charge in [-0.15, -0.1) is 0 Å². The molecule has 1 aromatic carbocycles. The van der Waals surface area contributed by atoms with Crippen molar-refractivity contribution in [1.82, 2.24) is 10.1 Å². The molecule has 112 valence electrons. The van der Waals surface area contributed by atoms with Crippen molar-refractivity contribution in [2.24, 2.45) is 0 Å². The van der Waals surface area contributed by atoms with Crippen LogP contribution in [0.25, 0.3) is 10.9 Å². The second-order valence-corrected chi connectivity index (χ2v) is 5.31. The first-order valence-electron chi connectivity index (χ1n) is 6.70. The van der Waals surface area contributed by atoms with Crippen molar-refractivity contribution < 1.29 is 14.1 Å². The number of aromatic nitrogens is 2. The number of carbonyl (C=O) groups excluding carboxylic acids is 1. The Morgan fingerprint density at radius 2 is 2.09 bits per heavy atom. The van der Waals surface area contributed by atoms with Crippen LogP contribution in [0, 0.1) is 13.8 Å². The maximum atomic E-state index is 12.2. The minimum Gasteiger partial charge on any atom is -0.457 e. The van der Waals surface area contributed by atoms with Crippen LogP contribution in [0.1, 0.15) is 27.4 Å². The number of rotatable bonds is 3. The van der Waals surface area contributed by atoms with Crippen LogP contribution >= 0.6 is 11.6 Å². The molecule has 2 aromatic heterocycles. The summed E-state index contributed by atoms with van der Waals surface area (Å²) in [5, 5.41) is 5.08. The van der Waals surface area contributed by atoms with Gasteiger partial charge >= 0.3 is 5.97 Å². The maximum Gasteiger partial charge on any atom is 0.338 e. The predicted octanol–water partition coefficient (Wildman–Crippen LogP) is 3.85. The van der Waals surface area contributed by atoms with Crippen LogP contribution in [0.2, 0.25) is 5.15 Å². The minimum absolute atomic E-state index is 0.136. The third kappa shape index (κ3) is 2.80. The molecule has 0 spiro atoms. The molecule has 0 saturated carbocycles. The van der Waals surface area contributed by atoms with Gasteiger partial charge in [-0.05, 0) is 44.2 Å². The smallest absolute Gasteiger partial charge is 0.338 e. The van der Waals surface area contributed by atoms with Crippen molar-refractivity contribution in [1.29, 1.82) is 0 Å². The topological polar surface area (TPSA) is 65.2 Å². The molecular formula is C16H13ClN2O3. The van der Waals surface area contributed by atoms with Gasteiger partial charge in [0, 0.05) is 5.39 Å². The SMILES string of the molecule is Cc1noc(C)c1COC(=O)c1ccc2nc(Cl)ccc2c1. The highest BCUT2D eigenvalue weighted by molar-refractivity contribution is 6.29. The van der Waals surface area contributed by atoms with E-state index in [9.17, 15) is 4.79 Å². The minimum atomic E-state index is -0.406. The molecule has 0 unspecified atom stereocenters. The molecule has 0 aliphatic rings. The Kier molecular flexibility index (Phi) is 3.81. The maximum absolute atomic E-state index is 12.2. The number of hydrogen-bond acceptors (Lipinski definition) is 5. The van der Waals surface area contributed by atoms with E-state index in [1.54, 1.807) is 31.2 Å². The van der Waals surface area contributed by atoms with Crippen molar-refractivity contribution in [3.8, 4) is 0 Å². The van der Waals surface area contributed by atoms with E-state index in [0.29, 0.717) is 16.5 Å². The van der Waals surface area contributed by atoms with Crippen LogP contribution in [-0.2, 0) is 11.3 Å².